The van der Waals surface area contributed by atoms with Crippen molar-refractivity contribution in [2.24, 2.45) is 0 Å². The lowest BCUT2D eigenvalue weighted by Crippen LogP contribution is -1.87. The van der Waals surface area contributed by atoms with Crippen molar-refractivity contribution in [3.63, 3.8) is 0 Å². The van der Waals surface area contributed by atoms with Gasteiger partial charge in [0.25, 0.3) is 0 Å². The van der Waals surface area contributed by atoms with E-state index in [1.807, 2.05) is 18.2 Å². The SMILES string of the molecule is N#Cc1cccc(C#N)c1Sc1ccccc1Cl. The van der Waals surface area contributed by atoms with E-state index in [1.54, 1.807) is 24.3 Å². The molecule has 86 valence electrons. The van der Waals surface area contributed by atoms with Gasteiger partial charge < -0.3 is 0 Å². The zero-order valence-electron chi connectivity index (χ0n) is 9.22. The second-order valence-corrected chi connectivity index (χ2v) is 4.90. The molecule has 0 amide bonds. The maximum Gasteiger partial charge on any atom is 0.100 e. The molecular formula is C14H7ClN2S. The van der Waals surface area contributed by atoms with Crippen LogP contribution >= 0.6 is 23.4 Å². The lowest BCUT2D eigenvalue weighted by atomic mass is 10.1. The zero-order valence-corrected chi connectivity index (χ0v) is 10.8. The lowest BCUT2D eigenvalue weighted by molar-refractivity contribution is 1.30. The van der Waals surface area contributed by atoms with Crippen LogP contribution in [0.1, 0.15) is 11.1 Å². The first-order valence-corrected chi connectivity index (χ1v) is 6.31. The monoisotopic (exact) mass is 270 g/mol. The van der Waals surface area contributed by atoms with E-state index in [2.05, 4.69) is 12.1 Å². The smallest absolute Gasteiger partial charge is 0.100 e. The van der Waals surface area contributed by atoms with Crippen LogP contribution in [0.4, 0.5) is 0 Å². The summed E-state index contributed by atoms with van der Waals surface area (Å²) in [5.74, 6) is 0. The van der Waals surface area contributed by atoms with Crippen LogP contribution in [0, 0.1) is 22.7 Å². The lowest BCUT2D eigenvalue weighted by Gasteiger charge is -2.07. The molecule has 2 aromatic rings. The van der Waals surface area contributed by atoms with Crippen molar-refractivity contribution in [1.82, 2.24) is 0 Å². The second-order valence-electron chi connectivity index (χ2n) is 3.44. The molecule has 0 aliphatic rings. The molecule has 0 spiro atoms. The van der Waals surface area contributed by atoms with Gasteiger partial charge in [-0.15, -0.1) is 0 Å². The van der Waals surface area contributed by atoms with Crippen LogP contribution in [-0.2, 0) is 0 Å². The summed E-state index contributed by atoms with van der Waals surface area (Å²) in [6.07, 6.45) is 0. The van der Waals surface area contributed by atoms with E-state index in [1.165, 1.54) is 11.8 Å². The predicted molar refractivity (Wildman–Crippen MR) is 71.4 cm³/mol. The van der Waals surface area contributed by atoms with Gasteiger partial charge in [-0.1, -0.05) is 41.6 Å². The fraction of sp³-hybridized carbons (Fsp3) is 0. The minimum Gasteiger partial charge on any atom is -0.192 e. The molecule has 0 heterocycles. The average molecular weight is 271 g/mol. The molecule has 0 aliphatic carbocycles. The van der Waals surface area contributed by atoms with Crippen LogP contribution in [0.15, 0.2) is 52.3 Å². The summed E-state index contributed by atoms with van der Waals surface area (Å²) >= 11 is 7.42. The maximum atomic E-state index is 9.08. The van der Waals surface area contributed by atoms with E-state index < -0.39 is 0 Å². The molecule has 2 nitrogen and oxygen atoms in total. The van der Waals surface area contributed by atoms with Crippen molar-refractivity contribution in [2.45, 2.75) is 9.79 Å². The predicted octanol–water partition coefficient (Wildman–Crippen LogP) is 4.23. The Morgan fingerprint density at radius 3 is 2.06 bits per heavy atom. The molecule has 2 rings (SSSR count). The average Bonchev–Trinajstić information content (AvgIpc) is 2.41. The normalized spacial score (nSPS) is 9.50. The molecule has 0 unspecified atom stereocenters. The summed E-state index contributed by atoms with van der Waals surface area (Å²) in [6.45, 7) is 0. The molecule has 0 N–H and O–H groups in total. The summed E-state index contributed by atoms with van der Waals surface area (Å²) in [6, 6.07) is 16.6. The van der Waals surface area contributed by atoms with Gasteiger partial charge in [-0.25, -0.2) is 0 Å². The molecule has 0 radical (unpaired) electrons. The highest BCUT2D eigenvalue weighted by atomic mass is 35.5. The summed E-state index contributed by atoms with van der Waals surface area (Å²) in [5.41, 5.74) is 0.970. The Morgan fingerprint density at radius 2 is 1.50 bits per heavy atom. The minimum absolute atomic E-state index is 0.485. The number of nitrogens with zero attached hydrogens (tertiary/aromatic N) is 2. The third-order valence-electron chi connectivity index (χ3n) is 2.30. The van der Waals surface area contributed by atoms with Gasteiger partial charge in [0, 0.05) is 9.79 Å². The number of benzene rings is 2. The summed E-state index contributed by atoms with van der Waals surface area (Å²) in [4.78, 5) is 1.48. The molecule has 0 aliphatic heterocycles. The highest BCUT2D eigenvalue weighted by Crippen LogP contribution is 2.36. The van der Waals surface area contributed by atoms with Crippen molar-refractivity contribution < 1.29 is 0 Å². The molecule has 0 bridgehead atoms. The maximum absolute atomic E-state index is 9.08. The van der Waals surface area contributed by atoms with E-state index in [9.17, 15) is 0 Å². The van der Waals surface area contributed by atoms with Crippen LogP contribution in [-0.4, -0.2) is 0 Å². The molecule has 0 fully saturated rings. The zero-order chi connectivity index (χ0) is 13.0. The second kappa shape index (κ2) is 5.60. The molecule has 0 saturated heterocycles. The molecule has 4 heteroatoms. The topological polar surface area (TPSA) is 47.6 Å². The van der Waals surface area contributed by atoms with Crippen molar-refractivity contribution in [1.29, 1.82) is 10.5 Å². The quantitative estimate of drug-likeness (QED) is 0.820. The highest BCUT2D eigenvalue weighted by Gasteiger charge is 2.11. The van der Waals surface area contributed by atoms with Gasteiger partial charge in [0.2, 0.25) is 0 Å². The van der Waals surface area contributed by atoms with Crippen LogP contribution in [0.2, 0.25) is 5.02 Å². The van der Waals surface area contributed by atoms with Crippen LogP contribution in [0.3, 0.4) is 0 Å². The van der Waals surface area contributed by atoms with Crippen LogP contribution in [0.25, 0.3) is 0 Å². The van der Waals surface area contributed by atoms with Crippen LogP contribution < -0.4 is 0 Å². The Labute approximate surface area is 114 Å². The van der Waals surface area contributed by atoms with Crippen LogP contribution in [0.5, 0.6) is 0 Å². The Balaban J connectivity index is 2.50. The van der Waals surface area contributed by atoms with Gasteiger partial charge >= 0.3 is 0 Å². The number of hydrogen-bond acceptors (Lipinski definition) is 3. The van der Waals surface area contributed by atoms with Crippen molar-refractivity contribution >= 4 is 23.4 Å². The first kappa shape index (κ1) is 12.5. The third kappa shape index (κ3) is 2.49. The number of rotatable bonds is 2. The fourth-order valence-corrected chi connectivity index (χ4v) is 2.69. The number of nitriles is 2. The van der Waals surface area contributed by atoms with Crippen molar-refractivity contribution in [3.8, 4) is 12.1 Å². The van der Waals surface area contributed by atoms with E-state index in [0.717, 1.165) is 4.90 Å². The number of halogens is 1. The van der Waals surface area contributed by atoms with Gasteiger partial charge in [0.1, 0.15) is 12.1 Å². The minimum atomic E-state index is 0.485. The molecule has 18 heavy (non-hydrogen) atoms. The first-order valence-electron chi connectivity index (χ1n) is 5.12. The molecule has 0 saturated carbocycles. The Morgan fingerprint density at radius 1 is 0.889 bits per heavy atom. The molecule has 0 atom stereocenters. The van der Waals surface area contributed by atoms with E-state index in [4.69, 9.17) is 22.1 Å². The Kier molecular flexibility index (Phi) is 3.89. The largest absolute Gasteiger partial charge is 0.192 e. The number of hydrogen-bond donors (Lipinski definition) is 0. The van der Waals surface area contributed by atoms with Crippen molar-refractivity contribution in [3.05, 3.63) is 58.6 Å². The molecule has 2 aromatic carbocycles. The van der Waals surface area contributed by atoms with Crippen molar-refractivity contribution in [2.75, 3.05) is 0 Å². The van der Waals surface area contributed by atoms with E-state index in [0.29, 0.717) is 21.0 Å². The Bertz CT molecular complexity index is 636. The standard InChI is InChI=1S/C14H7ClN2S/c15-12-6-1-2-7-13(12)18-14-10(8-16)4-3-5-11(14)9-17/h1-7H. The van der Waals surface area contributed by atoms with E-state index >= 15 is 0 Å². The fourth-order valence-electron chi connectivity index (χ4n) is 1.46. The highest BCUT2D eigenvalue weighted by molar-refractivity contribution is 7.99. The van der Waals surface area contributed by atoms with Gasteiger partial charge in [-0.3, -0.25) is 0 Å². The van der Waals surface area contributed by atoms with Gasteiger partial charge in [0.15, 0.2) is 0 Å². The molecule has 0 aromatic heterocycles. The first-order chi connectivity index (χ1) is 8.76. The van der Waals surface area contributed by atoms with Gasteiger partial charge in [-0.2, -0.15) is 10.5 Å². The molecular weight excluding hydrogens is 264 g/mol. The summed E-state index contributed by atoms with van der Waals surface area (Å²) in [7, 11) is 0. The Hall–Kier alpha value is -1.94. The van der Waals surface area contributed by atoms with Gasteiger partial charge in [-0.05, 0) is 24.3 Å². The van der Waals surface area contributed by atoms with Gasteiger partial charge in [0.05, 0.1) is 16.1 Å². The summed E-state index contributed by atoms with van der Waals surface area (Å²) in [5, 5.41) is 18.8. The summed E-state index contributed by atoms with van der Waals surface area (Å²) < 4.78 is 0. The van der Waals surface area contributed by atoms with E-state index in [-0.39, 0.29) is 0 Å². The third-order valence-corrected chi connectivity index (χ3v) is 3.97.